The van der Waals surface area contributed by atoms with Crippen molar-refractivity contribution in [1.82, 2.24) is 0 Å². The van der Waals surface area contributed by atoms with Crippen molar-refractivity contribution in [3.8, 4) is 5.75 Å². The number of rotatable bonds is 6. The SMILES string of the molecule is CC.COc1ccc(F)cc1C(C)CC(O)(Cc1ccc(F)c(C)c1)C(F)(F)F. The molecular formula is C22H27F5O2. The predicted octanol–water partition coefficient (Wildman–Crippen LogP) is 6.34. The zero-order valence-electron chi connectivity index (χ0n) is 17.2. The number of ether oxygens (including phenoxy) is 1. The van der Waals surface area contributed by atoms with Crippen LogP contribution in [0.4, 0.5) is 22.0 Å². The molecule has 0 amide bonds. The summed E-state index contributed by atoms with van der Waals surface area (Å²) < 4.78 is 73.1. The molecule has 1 N–H and O–H groups in total. The van der Waals surface area contributed by atoms with Crippen molar-refractivity contribution >= 4 is 0 Å². The minimum atomic E-state index is -4.93. The highest BCUT2D eigenvalue weighted by atomic mass is 19.4. The van der Waals surface area contributed by atoms with Gasteiger partial charge in [0, 0.05) is 6.42 Å². The van der Waals surface area contributed by atoms with Crippen LogP contribution in [0.3, 0.4) is 0 Å². The third-order valence-corrected chi connectivity index (χ3v) is 4.61. The van der Waals surface area contributed by atoms with Gasteiger partial charge in [-0.15, -0.1) is 0 Å². The molecule has 0 radical (unpaired) electrons. The average molecular weight is 418 g/mol. The Labute approximate surface area is 168 Å². The Balaban J connectivity index is 0.00000204. The van der Waals surface area contributed by atoms with Crippen LogP contribution in [0.25, 0.3) is 0 Å². The number of halogens is 5. The Hall–Kier alpha value is -2.15. The van der Waals surface area contributed by atoms with Gasteiger partial charge in [-0.05, 0) is 60.2 Å². The number of methoxy groups -OCH3 is 1. The second kappa shape index (κ2) is 10.1. The minimum absolute atomic E-state index is 0.159. The molecule has 0 aliphatic rings. The number of benzene rings is 2. The second-order valence-electron chi connectivity index (χ2n) is 6.78. The normalized spacial score (nSPS) is 14.4. The molecule has 0 saturated carbocycles. The molecule has 0 fully saturated rings. The van der Waals surface area contributed by atoms with Crippen molar-refractivity contribution in [2.45, 2.75) is 58.2 Å². The average Bonchev–Trinajstić information content (AvgIpc) is 2.65. The molecule has 2 aromatic rings. The zero-order chi connectivity index (χ0) is 22.4. The van der Waals surface area contributed by atoms with Gasteiger partial charge in [0.1, 0.15) is 17.4 Å². The number of aryl methyl sites for hydroxylation is 1. The van der Waals surface area contributed by atoms with Gasteiger partial charge in [-0.3, -0.25) is 0 Å². The van der Waals surface area contributed by atoms with Crippen LogP contribution in [0, 0.1) is 18.6 Å². The van der Waals surface area contributed by atoms with E-state index in [0.29, 0.717) is 0 Å². The molecule has 0 aliphatic carbocycles. The Bertz CT molecular complexity index is 804. The highest BCUT2D eigenvalue weighted by molar-refractivity contribution is 5.37. The van der Waals surface area contributed by atoms with Crippen molar-refractivity contribution < 1.29 is 31.8 Å². The fraction of sp³-hybridized carbons (Fsp3) is 0.455. The largest absolute Gasteiger partial charge is 0.496 e. The van der Waals surface area contributed by atoms with Gasteiger partial charge in [0.2, 0.25) is 0 Å². The van der Waals surface area contributed by atoms with Crippen molar-refractivity contribution in [2.24, 2.45) is 0 Å². The van der Waals surface area contributed by atoms with Gasteiger partial charge in [0.15, 0.2) is 5.60 Å². The molecule has 2 aromatic carbocycles. The quantitative estimate of drug-likeness (QED) is 0.555. The maximum atomic E-state index is 13.7. The van der Waals surface area contributed by atoms with Crippen LogP contribution in [-0.4, -0.2) is 24.0 Å². The predicted molar refractivity (Wildman–Crippen MR) is 103 cm³/mol. The molecule has 0 spiro atoms. The Morgan fingerprint density at radius 1 is 1.03 bits per heavy atom. The van der Waals surface area contributed by atoms with Gasteiger partial charge >= 0.3 is 6.18 Å². The summed E-state index contributed by atoms with van der Waals surface area (Å²) >= 11 is 0. The van der Waals surface area contributed by atoms with Crippen LogP contribution in [0.2, 0.25) is 0 Å². The van der Waals surface area contributed by atoms with Crippen LogP contribution in [0.5, 0.6) is 5.75 Å². The lowest BCUT2D eigenvalue weighted by Crippen LogP contribution is -2.48. The van der Waals surface area contributed by atoms with E-state index in [2.05, 4.69) is 0 Å². The molecule has 0 bridgehead atoms. The van der Waals surface area contributed by atoms with Crippen LogP contribution in [0.15, 0.2) is 36.4 Å². The number of hydrogen-bond donors (Lipinski definition) is 1. The summed E-state index contributed by atoms with van der Waals surface area (Å²) in [5, 5.41) is 10.5. The van der Waals surface area contributed by atoms with Crippen LogP contribution in [0.1, 0.15) is 49.8 Å². The molecule has 7 heteroatoms. The molecular weight excluding hydrogens is 391 g/mol. The molecule has 2 nitrogen and oxygen atoms in total. The lowest BCUT2D eigenvalue weighted by molar-refractivity contribution is -0.263. The highest BCUT2D eigenvalue weighted by Gasteiger charge is 2.54. The Kier molecular flexibility index (Phi) is 8.63. The van der Waals surface area contributed by atoms with Gasteiger partial charge < -0.3 is 9.84 Å². The first-order valence-corrected chi connectivity index (χ1v) is 9.34. The standard InChI is InChI=1S/C20H21F5O2.C2H6/c1-12-8-14(4-6-17(12)22)11-19(26,20(23,24)25)10-13(2)16-9-15(21)5-7-18(16)27-3;1-2/h4-9,13,26H,10-11H2,1-3H3;1-2H3. The topological polar surface area (TPSA) is 29.5 Å². The lowest BCUT2D eigenvalue weighted by Gasteiger charge is -2.33. The van der Waals surface area contributed by atoms with E-state index in [1.807, 2.05) is 13.8 Å². The van der Waals surface area contributed by atoms with Crippen molar-refractivity contribution in [1.29, 1.82) is 0 Å². The third kappa shape index (κ3) is 6.16. The fourth-order valence-corrected chi connectivity index (χ4v) is 3.15. The molecule has 29 heavy (non-hydrogen) atoms. The van der Waals surface area contributed by atoms with Crippen molar-refractivity contribution in [2.75, 3.05) is 7.11 Å². The van der Waals surface area contributed by atoms with E-state index < -0.39 is 42.2 Å². The Morgan fingerprint density at radius 2 is 1.66 bits per heavy atom. The summed E-state index contributed by atoms with van der Waals surface area (Å²) in [6.45, 7) is 6.90. The molecule has 0 aromatic heterocycles. The van der Waals surface area contributed by atoms with Gasteiger partial charge in [-0.1, -0.05) is 32.9 Å². The number of hydrogen-bond acceptors (Lipinski definition) is 2. The number of aliphatic hydroxyl groups is 1. The second-order valence-corrected chi connectivity index (χ2v) is 6.78. The highest BCUT2D eigenvalue weighted by Crippen LogP contribution is 2.42. The van der Waals surface area contributed by atoms with E-state index in [1.165, 1.54) is 39.2 Å². The molecule has 0 saturated heterocycles. The summed E-state index contributed by atoms with van der Waals surface area (Å²) in [4.78, 5) is 0. The van der Waals surface area contributed by atoms with E-state index in [4.69, 9.17) is 4.74 Å². The maximum absolute atomic E-state index is 13.7. The first-order chi connectivity index (χ1) is 13.5. The lowest BCUT2D eigenvalue weighted by atomic mass is 9.82. The van der Waals surface area contributed by atoms with E-state index in [1.54, 1.807) is 0 Å². The monoisotopic (exact) mass is 418 g/mol. The zero-order valence-corrected chi connectivity index (χ0v) is 17.2. The summed E-state index contributed by atoms with van der Waals surface area (Å²) in [7, 11) is 1.33. The smallest absolute Gasteiger partial charge is 0.417 e. The molecule has 2 atom stereocenters. The van der Waals surface area contributed by atoms with E-state index in [9.17, 15) is 27.1 Å². The molecule has 2 unspecified atom stereocenters. The summed E-state index contributed by atoms with van der Waals surface area (Å²) in [5.41, 5.74) is -2.48. The summed E-state index contributed by atoms with van der Waals surface area (Å²) in [6, 6.07) is 7.14. The number of alkyl halides is 3. The first kappa shape index (κ1) is 24.9. The molecule has 162 valence electrons. The van der Waals surface area contributed by atoms with Gasteiger partial charge in [0.25, 0.3) is 0 Å². The first-order valence-electron chi connectivity index (χ1n) is 9.34. The molecule has 0 aliphatic heterocycles. The van der Waals surface area contributed by atoms with Gasteiger partial charge in [-0.2, -0.15) is 13.2 Å². The van der Waals surface area contributed by atoms with Crippen molar-refractivity contribution in [3.63, 3.8) is 0 Å². The van der Waals surface area contributed by atoms with Crippen molar-refractivity contribution in [3.05, 3.63) is 64.7 Å². The molecule has 2 rings (SSSR count). The summed E-state index contributed by atoms with van der Waals surface area (Å²) in [5.74, 6) is -1.75. The third-order valence-electron chi connectivity index (χ3n) is 4.61. The fourth-order valence-electron chi connectivity index (χ4n) is 3.15. The van der Waals surface area contributed by atoms with E-state index in [0.717, 1.165) is 18.2 Å². The minimum Gasteiger partial charge on any atom is -0.496 e. The summed E-state index contributed by atoms with van der Waals surface area (Å²) in [6.07, 6.45) is -6.36. The van der Waals surface area contributed by atoms with E-state index in [-0.39, 0.29) is 22.4 Å². The Morgan fingerprint density at radius 3 is 2.17 bits per heavy atom. The van der Waals surface area contributed by atoms with Gasteiger partial charge in [0.05, 0.1) is 7.11 Å². The van der Waals surface area contributed by atoms with Gasteiger partial charge in [-0.25, -0.2) is 8.78 Å². The van der Waals surface area contributed by atoms with Crippen LogP contribution in [-0.2, 0) is 6.42 Å². The maximum Gasteiger partial charge on any atom is 0.417 e. The van der Waals surface area contributed by atoms with Crippen LogP contribution < -0.4 is 4.74 Å². The van der Waals surface area contributed by atoms with E-state index >= 15 is 0 Å². The molecule has 0 heterocycles. The van der Waals surface area contributed by atoms with Crippen LogP contribution >= 0.6 is 0 Å².